The number of aromatic nitrogens is 2. The van der Waals surface area contributed by atoms with Crippen molar-refractivity contribution < 1.29 is 4.79 Å². The first-order valence-electron chi connectivity index (χ1n) is 7.96. The Morgan fingerprint density at radius 3 is 2.57 bits per heavy atom. The summed E-state index contributed by atoms with van der Waals surface area (Å²) < 4.78 is 0. The molecule has 1 atom stereocenters. The normalized spacial score (nSPS) is 23.0. The van der Waals surface area contributed by atoms with Crippen molar-refractivity contribution in [3.8, 4) is 0 Å². The highest BCUT2D eigenvalue weighted by Gasteiger charge is 2.36. The molecule has 1 unspecified atom stereocenters. The van der Waals surface area contributed by atoms with Crippen LogP contribution in [0, 0.1) is 19.8 Å². The molecule has 0 radical (unpaired) electrons. The second-order valence-electron chi connectivity index (χ2n) is 6.33. The van der Waals surface area contributed by atoms with Gasteiger partial charge < -0.3 is 9.88 Å². The topological polar surface area (TPSA) is 66.1 Å². The van der Waals surface area contributed by atoms with Gasteiger partial charge in [0.1, 0.15) is 5.82 Å². The van der Waals surface area contributed by atoms with Crippen LogP contribution in [0.4, 0.5) is 0 Å². The van der Waals surface area contributed by atoms with Gasteiger partial charge in [0.05, 0.1) is 6.04 Å². The predicted molar refractivity (Wildman–Crippen MR) is 80.0 cm³/mol. The summed E-state index contributed by atoms with van der Waals surface area (Å²) in [5.41, 5.74) is 1.33. The van der Waals surface area contributed by atoms with Crippen LogP contribution in [-0.2, 0) is 4.79 Å². The van der Waals surface area contributed by atoms with Crippen LogP contribution in [0.15, 0.2) is 4.79 Å². The zero-order valence-corrected chi connectivity index (χ0v) is 12.8. The van der Waals surface area contributed by atoms with E-state index in [1.165, 1.54) is 0 Å². The van der Waals surface area contributed by atoms with E-state index in [0.717, 1.165) is 50.8 Å². The zero-order chi connectivity index (χ0) is 15.0. The second kappa shape index (κ2) is 5.62. The summed E-state index contributed by atoms with van der Waals surface area (Å²) in [5, 5.41) is 0. The smallest absolute Gasteiger partial charge is 0.254 e. The summed E-state index contributed by atoms with van der Waals surface area (Å²) in [5.74, 6) is 1.10. The molecule has 1 aliphatic carbocycles. The van der Waals surface area contributed by atoms with E-state index in [2.05, 4.69) is 9.97 Å². The number of carbonyl (C=O) groups excluding carboxylic acids is 1. The lowest BCUT2D eigenvalue weighted by Gasteiger charge is -2.27. The molecule has 2 heterocycles. The van der Waals surface area contributed by atoms with Gasteiger partial charge in [-0.05, 0) is 39.5 Å². The molecule has 1 aromatic rings. The number of nitrogens with one attached hydrogen (secondary N) is 1. The lowest BCUT2D eigenvalue weighted by atomic mass is 10.1. The minimum absolute atomic E-state index is 0.0508. The molecule has 0 bridgehead atoms. The third-order valence-electron chi connectivity index (χ3n) is 4.97. The van der Waals surface area contributed by atoms with Crippen LogP contribution in [-0.4, -0.2) is 27.3 Å². The van der Waals surface area contributed by atoms with E-state index < -0.39 is 0 Å². The van der Waals surface area contributed by atoms with Crippen molar-refractivity contribution in [1.82, 2.24) is 14.9 Å². The van der Waals surface area contributed by atoms with Crippen LogP contribution in [0.3, 0.4) is 0 Å². The van der Waals surface area contributed by atoms with Crippen molar-refractivity contribution in [3.63, 3.8) is 0 Å². The molecule has 1 saturated heterocycles. The van der Waals surface area contributed by atoms with Gasteiger partial charge in [0.2, 0.25) is 5.91 Å². The largest absolute Gasteiger partial charge is 0.332 e. The van der Waals surface area contributed by atoms with Crippen LogP contribution >= 0.6 is 0 Å². The van der Waals surface area contributed by atoms with E-state index >= 15 is 0 Å². The first kappa shape index (κ1) is 14.3. The Balaban J connectivity index is 1.87. The second-order valence-corrected chi connectivity index (χ2v) is 6.33. The molecule has 21 heavy (non-hydrogen) atoms. The number of nitrogens with zero attached hydrogens (tertiary/aromatic N) is 2. The Morgan fingerprint density at radius 2 is 1.90 bits per heavy atom. The molecule has 1 aromatic heterocycles. The molecular formula is C16H23N3O2. The number of aryl methyl sites for hydroxylation is 1. The van der Waals surface area contributed by atoms with Crippen molar-refractivity contribution in [2.24, 2.45) is 5.92 Å². The van der Waals surface area contributed by atoms with E-state index in [9.17, 15) is 9.59 Å². The van der Waals surface area contributed by atoms with E-state index in [0.29, 0.717) is 11.4 Å². The molecule has 5 heteroatoms. The van der Waals surface area contributed by atoms with Crippen LogP contribution < -0.4 is 5.56 Å². The summed E-state index contributed by atoms with van der Waals surface area (Å²) in [6, 6.07) is -0.0508. The van der Waals surface area contributed by atoms with Crippen LogP contribution in [0.25, 0.3) is 0 Å². The Hall–Kier alpha value is -1.65. The molecule has 1 N–H and O–H groups in total. The molecule has 5 nitrogen and oxygen atoms in total. The lowest BCUT2D eigenvalue weighted by molar-refractivity contribution is -0.136. The molecule has 0 aromatic carbocycles. The van der Waals surface area contributed by atoms with Gasteiger partial charge >= 0.3 is 0 Å². The Labute approximate surface area is 124 Å². The van der Waals surface area contributed by atoms with Gasteiger partial charge in [-0.15, -0.1) is 0 Å². The summed E-state index contributed by atoms with van der Waals surface area (Å²) >= 11 is 0. The average molecular weight is 289 g/mol. The third kappa shape index (κ3) is 2.61. The number of amides is 1. The fourth-order valence-corrected chi connectivity index (χ4v) is 3.55. The van der Waals surface area contributed by atoms with Gasteiger partial charge in [-0.1, -0.05) is 12.8 Å². The first-order valence-corrected chi connectivity index (χ1v) is 7.96. The Kier molecular flexibility index (Phi) is 3.83. The third-order valence-corrected chi connectivity index (χ3v) is 4.97. The minimum atomic E-state index is -0.0855. The standard InChI is InChI=1S/C16H23N3O2/c1-10-11(2)17-14(18-15(10)20)13-8-5-9-19(13)16(21)12-6-3-4-7-12/h12-13H,3-9H2,1-2H3,(H,17,18,20). The Bertz CT molecular complexity index is 602. The van der Waals surface area contributed by atoms with Crippen molar-refractivity contribution in [1.29, 1.82) is 0 Å². The fraction of sp³-hybridized carbons (Fsp3) is 0.688. The highest BCUT2D eigenvalue weighted by atomic mass is 16.2. The van der Waals surface area contributed by atoms with Gasteiger partial charge in [0.25, 0.3) is 5.56 Å². The maximum Gasteiger partial charge on any atom is 0.254 e. The SMILES string of the molecule is Cc1nc(C2CCCN2C(=O)C2CCCC2)[nH]c(=O)c1C. The van der Waals surface area contributed by atoms with E-state index in [1.807, 2.05) is 11.8 Å². The lowest BCUT2D eigenvalue weighted by Crippen LogP contribution is -2.36. The molecule has 2 aliphatic rings. The molecule has 2 fully saturated rings. The highest BCUT2D eigenvalue weighted by Crippen LogP contribution is 2.34. The molecule has 1 amide bonds. The van der Waals surface area contributed by atoms with E-state index in [-0.39, 0.29) is 23.4 Å². The van der Waals surface area contributed by atoms with Gasteiger partial charge in [-0.2, -0.15) is 0 Å². The van der Waals surface area contributed by atoms with Crippen molar-refractivity contribution in [3.05, 3.63) is 27.4 Å². The molecule has 0 spiro atoms. The van der Waals surface area contributed by atoms with Gasteiger partial charge in [-0.3, -0.25) is 9.59 Å². The minimum Gasteiger partial charge on any atom is -0.332 e. The molecule has 3 rings (SSSR count). The van der Waals surface area contributed by atoms with Crippen LogP contribution in [0.1, 0.15) is 61.6 Å². The van der Waals surface area contributed by atoms with Crippen molar-refractivity contribution in [2.45, 2.75) is 58.4 Å². The monoisotopic (exact) mass is 289 g/mol. The van der Waals surface area contributed by atoms with Gasteiger partial charge in [0, 0.05) is 23.7 Å². The van der Waals surface area contributed by atoms with E-state index in [1.54, 1.807) is 6.92 Å². The molecule has 1 aliphatic heterocycles. The summed E-state index contributed by atoms with van der Waals surface area (Å²) in [6.07, 6.45) is 6.22. The van der Waals surface area contributed by atoms with Crippen molar-refractivity contribution >= 4 is 5.91 Å². The number of likely N-dealkylation sites (tertiary alicyclic amines) is 1. The van der Waals surface area contributed by atoms with Crippen LogP contribution in [0.2, 0.25) is 0 Å². The van der Waals surface area contributed by atoms with Gasteiger partial charge in [0.15, 0.2) is 0 Å². The molecule has 114 valence electrons. The zero-order valence-electron chi connectivity index (χ0n) is 12.8. The predicted octanol–water partition coefficient (Wildman–Crippen LogP) is 2.24. The first-order chi connectivity index (χ1) is 10.1. The number of H-pyrrole nitrogens is 1. The molecule has 1 saturated carbocycles. The molecular weight excluding hydrogens is 266 g/mol. The summed E-state index contributed by atoms with van der Waals surface area (Å²) in [7, 11) is 0. The number of rotatable bonds is 2. The summed E-state index contributed by atoms with van der Waals surface area (Å²) in [4.78, 5) is 34.0. The number of hydrogen-bond donors (Lipinski definition) is 1. The highest BCUT2D eigenvalue weighted by molar-refractivity contribution is 5.79. The fourth-order valence-electron chi connectivity index (χ4n) is 3.55. The van der Waals surface area contributed by atoms with Crippen LogP contribution in [0.5, 0.6) is 0 Å². The summed E-state index contributed by atoms with van der Waals surface area (Å²) in [6.45, 7) is 4.42. The maximum atomic E-state index is 12.7. The number of hydrogen-bond acceptors (Lipinski definition) is 3. The quantitative estimate of drug-likeness (QED) is 0.908. The van der Waals surface area contributed by atoms with Gasteiger partial charge in [-0.25, -0.2) is 4.98 Å². The Morgan fingerprint density at radius 1 is 1.19 bits per heavy atom. The number of aromatic amines is 1. The van der Waals surface area contributed by atoms with Crippen molar-refractivity contribution in [2.75, 3.05) is 6.54 Å². The number of carbonyl (C=O) groups is 1. The average Bonchev–Trinajstić information content (AvgIpc) is 3.14. The van der Waals surface area contributed by atoms with E-state index in [4.69, 9.17) is 0 Å². The maximum absolute atomic E-state index is 12.7.